The van der Waals surface area contributed by atoms with Crippen LogP contribution in [0, 0.1) is 0 Å². The molecule has 3 aromatic heterocycles. The Morgan fingerprint density at radius 3 is 2.65 bits per heavy atom. The van der Waals surface area contributed by atoms with E-state index in [-0.39, 0.29) is 33.1 Å². The Morgan fingerprint density at radius 1 is 1.12 bits per heavy atom. The second-order valence-electron chi connectivity index (χ2n) is 10.9. The van der Waals surface area contributed by atoms with E-state index in [1.165, 1.54) is 6.07 Å². The van der Waals surface area contributed by atoms with Crippen molar-refractivity contribution in [2.24, 2.45) is 0 Å². The van der Waals surface area contributed by atoms with Crippen molar-refractivity contribution < 1.29 is 26.3 Å². The number of ether oxygens (including phenoxy) is 1. The summed E-state index contributed by atoms with van der Waals surface area (Å²) in [4.78, 5) is 17.6. The molecule has 6 heterocycles. The summed E-state index contributed by atoms with van der Waals surface area (Å²) < 4.78 is 72.8. The number of thiophene rings is 1. The van der Waals surface area contributed by atoms with Crippen molar-refractivity contribution in [1.29, 1.82) is 0 Å². The minimum Gasteiger partial charge on any atom is -0.483 e. The maximum atomic E-state index is 14.0. The number of fused-ring (bicyclic) bond motifs is 3. The highest BCUT2D eigenvalue weighted by Gasteiger charge is 2.42. The van der Waals surface area contributed by atoms with Crippen LogP contribution >= 0.6 is 11.3 Å². The number of nitrogens with one attached hydrogen (secondary N) is 1. The van der Waals surface area contributed by atoms with Gasteiger partial charge in [0.1, 0.15) is 16.3 Å². The van der Waals surface area contributed by atoms with Gasteiger partial charge in [-0.1, -0.05) is 11.3 Å². The predicted molar refractivity (Wildman–Crippen MR) is 144 cm³/mol. The van der Waals surface area contributed by atoms with Crippen molar-refractivity contribution >= 4 is 38.6 Å². The van der Waals surface area contributed by atoms with Crippen molar-refractivity contribution in [1.82, 2.24) is 19.9 Å². The number of hydrogen-bond acceptors (Lipinski definition) is 10. The van der Waals surface area contributed by atoms with E-state index in [9.17, 15) is 21.6 Å². The van der Waals surface area contributed by atoms with Gasteiger partial charge in [0.15, 0.2) is 14.9 Å². The van der Waals surface area contributed by atoms with Crippen LogP contribution in [-0.2, 0) is 16.0 Å². The summed E-state index contributed by atoms with van der Waals surface area (Å²) in [5.41, 5.74) is 0.272. The summed E-state index contributed by atoms with van der Waals surface area (Å²) in [7, 11) is -1.52. The van der Waals surface area contributed by atoms with E-state index in [4.69, 9.17) is 9.72 Å². The fourth-order valence-corrected chi connectivity index (χ4v) is 8.71. The number of likely N-dealkylation sites (N-methyl/N-ethyl adjacent to an activating group) is 1. The van der Waals surface area contributed by atoms with Crippen molar-refractivity contribution in [3.63, 3.8) is 0 Å². The summed E-state index contributed by atoms with van der Waals surface area (Å²) >= 11 is 0.849. The minimum atomic E-state index is -4.74. The maximum absolute atomic E-state index is 14.0. The van der Waals surface area contributed by atoms with Gasteiger partial charge in [-0.15, -0.1) is 0 Å². The molecule has 0 unspecified atom stereocenters. The van der Waals surface area contributed by atoms with Gasteiger partial charge >= 0.3 is 6.18 Å². The molecule has 14 heteroatoms. The molecule has 1 N–H and O–H groups in total. The number of pyridine rings is 1. The lowest BCUT2D eigenvalue weighted by molar-refractivity contribution is -0.137. The molecule has 1 aliphatic carbocycles. The maximum Gasteiger partial charge on any atom is 0.420 e. The summed E-state index contributed by atoms with van der Waals surface area (Å²) in [5.74, 6) is 1.12. The van der Waals surface area contributed by atoms with Crippen LogP contribution < -0.4 is 15.0 Å². The van der Waals surface area contributed by atoms with Gasteiger partial charge in [0.25, 0.3) is 0 Å². The van der Waals surface area contributed by atoms with Gasteiger partial charge in [0, 0.05) is 31.4 Å². The molecular weight excluding hydrogens is 565 g/mol. The highest BCUT2D eigenvalue weighted by molar-refractivity contribution is 7.91. The quantitative estimate of drug-likeness (QED) is 0.452. The first kappa shape index (κ1) is 26.0. The van der Waals surface area contributed by atoms with Crippen LogP contribution in [0.15, 0.2) is 29.4 Å². The van der Waals surface area contributed by atoms with Gasteiger partial charge in [0.2, 0.25) is 5.95 Å². The van der Waals surface area contributed by atoms with E-state index < -0.39 is 27.3 Å². The van der Waals surface area contributed by atoms with Crippen LogP contribution in [0.25, 0.3) is 10.6 Å². The topological polar surface area (TPSA) is 101 Å². The lowest BCUT2D eigenvalue weighted by Crippen LogP contribution is -2.44. The van der Waals surface area contributed by atoms with Gasteiger partial charge in [0.05, 0.1) is 34.8 Å². The monoisotopic (exact) mass is 592 g/mol. The Balaban J connectivity index is 1.23. The molecule has 0 spiro atoms. The van der Waals surface area contributed by atoms with Gasteiger partial charge < -0.3 is 15.0 Å². The Kier molecular flexibility index (Phi) is 6.02. The van der Waals surface area contributed by atoms with E-state index in [1.807, 2.05) is 0 Å². The van der Waals surface area contributed by atoms with E-state index in [2.05, 4.69) is 38.2 Å². The molecule has 0 aromatic carbocycles. The van der Waals surface area contributed by atoms with Crippen molar-refractivity contribution in [2.75, 3.05) is 42.7 Å². The van der Waals surface area contributed by atoms with Crippen LogP contribution in [-0.4, -0.2) is 72.9 Å². The number of aromatic nitrogens is 3. The third kappa shape index (κ3) is 4.59. The van der Waals surface area contributed by atoms with E-state index in [0.717, 1.165) is 61.3 Å². The number of piperazine rings is 1. The lowest BCUT2D eigenvalue weighted by Gasteiger charge is -2.33. The molecule has 4 aliphatic rings. The van der Waals surface area contributed by atoms with Crippen LogP contribution in [0.3, 0.4) is 0 Å². The fraction of sp³-hybridized carbons (Fsp3) is 0.500. The molecule has 2 saturated heterocycles. The van der Waals surface area contributed by atoms with Gasteiger partial charge in [-0.05, 0) is 56.3 Å². The van der Waals surface area contributed by atoms with E-state index in [0.29, 0.717) is 30.1 Å². The first-order valence-electron chi connectivity index (χ1n) is 13.2. The number of rotatable bonds is 5. The van der Waals surface area contributed by atoms with Crippen LogP contribution in [0.2, 0.25) is 0 Å². The van der Waals surface area contributed by atoms with Gasteiger partial charge in [-0.3, -0.25) is 4.90 Å². The molecular formula is C26H27F3N6O3S2. The van der Waals surface area contributed by atoms with Crippen LogP contribution in [0.5, 0.6) is 5.06 Å². The molecule has 3 aliphatic heterocycles. The fourth-order valence-electron chi connectivity index (χ4n) is 5.87. The summed E-state index contributed by atoms with van der Waals surface area (Å²) in [6.07, 6.45) is 1.22. The summed E-state index contributed by atoms with van der Waals surface area (Å²) in [5, 5.41) is 3.20. The number of nitrogens with zero attached hydrogens (tertiary/aromatic N) is 5. The third-order valence-corrected chi connectivity index (χ3v) is 11.1. The Bertz CT molecular complexity index is 1590. The average Bonchev–Trinajstić information content (AvgIpc) is 3.41. The number of hydrogen-bond donors (Lipinski definition) is 1. The number of halogens is 3. The normalized spacial score (nSPS) is 24.1. The van der Waals surface area contributed by atoms with Crippen LogP contribution in [0.4, 0.5) is 30.6 Å². The first-order valence-corrected chi connectivity index (χ1v) is 15.7. The zero-order valence-electron chi connectivity index (χ0n) is 21.6. The molecule has 2 atom stereocenters. The molecule has 7 rings (SSSR count). The highest BCUT2D eigenvalue weighted by Crippen LogP contribution is 2.47. The third-order valence-electron chi connectivity index (χ3n) is 8.11. The zero-order chi connectivity index (χ0) is 27.8. The standard InChI is InChI=1S/C26H27F3N6O3S2/c1-34-12-16-7-15(34)13-35(16)22-8-17(14-3-4-14)19(11-30-22)32-25-31-10-18(26(27,28)29)23(33-25)20-9-21-24(39-20)38-5-2-6-40(21,36)37/h8-11,14-16H,2-7,12-13H2,1H3,(H,31,32,33)/t15-,16-/m1/s1. The minimum absolute atomic E-state index is 0.0197. The highest BCUT2D eigenvalue weighted by atomic mass is 32.2. The zero-order valence-corrected chi connectivity index (χ0v) is 23.2. The van der Waals surface area contributed by atoms with E-state index in [1.54, 1.807) is 6.20 Å². The van der Waals surface area contributed by atoms with Gasteiger partial charge in [-0.25, -0.2) is 23.4 Å². The summed E-state index contributed by atoms with van der Waals surface area (Å²) in [6, 6.07) is 4.28. The number of likely N-dealkylation sites (tertiary alicyclic amines) is 1. The largest absolute Gasteiger partial charge is 0.483 e. The number of anilines is 3. The molecule has 1 saturated carbocycles. The van der Waals surface area contributed by atoms with Gasteiger partial charge in [-0.2, -0.15) is 13.2 Å². The predicted octanol–water partition coefficient (Wildman–Crippen LogP) is 4.69. The average molecular weight is 593 g/mol. The number of alkyl halides is 3. The smallest absolute Gasteiger partial charge is 0.420 e. The molecule has 9 nitrogen and oxygen atoms in total. The summed E-state index contributed by atoms with van der Waals surface area (Å²) in [6.45, 7) is 2.11. The second-order valence-corrected chi connectivity index (χ2v) is 14.0. The van der Waals surface area contributed by atoms with Crippen molar-refractivity contribution in [3.8, 4) is 15.6 Å². The molecule has 3 aromatic rings. The lowest BCUT2D eigenvalue weighted by atomic mass is 10.1. The van der Waals surface area contributed by atoms with Crippen LogP contribution in [0.1, 0.15) is 42.7 Å². The molecule has 0 radical (unpaired) electrons. The molecule has 40 heavy (non-hydrogen) atoms. The van der Waals surface area contributed by atoms with Crippen molar-refractivity contribution in [2.45, 2.75) is 54.8 Å². The second kappa shape index (κ2) is 9.28. The molecule has 3 fully saturated rings. The molecule has 0 amide bonds. The number of sulfone groups is 1. The Labute approximate surface area is 233 Å². The van der Waals surface area contributed by atoms with Crippen molar-refractivity contribution in [3.05, 3.63) is 35.7 Å². The first-order chi connectivity index (χ1) is 19.1. The van der Waals surface area contributed by atoms with E-state index >= 15 is 0 Å². The SMILES string of the molecule is CN1C[C@H]2C[C@@H]1CN2c1cc(C2CC2)c(Nc2ncc(C(F)(F)F)c(-c3cc4c(s3)OCCCS4(=O)=O)n2)cn1. The molecule has 2 bridgehead atoms. The molecule has 212 valence electrons. The Morgan fingerprint density at radius 2 is 1.95 bits per heavy atom. The Hall–Kier alpha value is -2.97.